The molecule has 1 aromatic rings. The first-order valence-electron chi connectivity index (χ1n) is 6.93. The zero-order valence-electron chi connectivity index (χ0n) is 12.4. The van der Waals surface area contributed by atoms with E-state index in [2.05, 4.69) is 22.2 Å². The number of hydrogen-bond acceptors (Lipinski definition) is 6. The van der Waals surface area contributed by atoms with Crippen LogP contribution >= 0.6 is 0 Å². The Bertz CT molecular complexity index is 659. The lowest BCUT2D eigenvalue weighted by molar-refractivity contribution is 0.313. The van der Waals surface area contributed by atoms with E-state index in [-0.39, 0.29) is 11.3 Å². The molecule has 6 nitrogen and oxygen atoms in total. The van der Waals surface area contributed by atoms with Gasteiger partial charge >= 0.3 is 0 Å². The number of likely N-dealkylation sites (N-methyl/N-ethyl adjacent to an activating group) is 1. The maximum Gasteiger partial charge on any atom is 0.163 e. The lowest BCUT2D eigenvalue weighted by Gasteiger charge is -2.34. The Morgan fingerprint density at radius 3 is 2.05 bits per heavy atom. The SMILES string of the molecule is CN1CCN(c2ccc(NC(C#N)=C(C#N)C#N)cc2)CC1. The third kappa shape index (κ3) is 3.55. The number of anilines is 2. The molecule has 2 rings (SSSR count). The average Bonchev–Trinajstić information content (AvgIpc) is 2.56. The van der Waals surface area contributed by atoms with Crippen molar-refractivity contribution in [3.8, 4) is 18.2 Å². The number of nitrogens with one attached hydrogen (secondary N) is 1. The van der Waals surface area contributed by atoms with Gasteiger partial charge in [0.15, 0.2) is 5.57 Å². The molecular weight excluding hydrogens is 276 g/mol. The summed E-state index contributed by atoms with van der Waals surface area (Å²) in [7, 11) is 2.11. The lowest BCUT2D eigenvalue weighted by Crippen LogP contribution is -2.44. The highest BCUT2D eigenvalue weighted by molar-refractivity contribution is 5.61. The van der Waals surface area contributed by atoms with E-state index in [1.807, 2.05) is 30.3 Å². The summed E-state index contributed by atoms with van der Waals surface area (Å²) >= 11 is 0. The highest BCUT2D eigenvalue weighted by Crippen LogP contribution is 2.20. The fourth-order valence-corrected chi connectivity index (χ4v) is 2.25. The van der Waals surface area contributed by atoms with Gasteiger partial charge in [-0.3, -0.25) is 0 Å². The maximum atomic E-state index is 9.02. The van der Waals surface area contributed by atoms with Crippen LogP contribution in [0.5, 0.6) is 0 Å². The zero-order valence-corrected chi connectivity index (χ0v) is 12.4. The summed E-state index contributed by atoms with van der Waals surface area (Å²) in [6.07, 6.45) is 0. The Hall–Kier alpha value is -3.01. The molecule has 6 heteroatoms. The zero-order chi connectivity index (χ0) is 15.9. The standard InChI is InChI=1S/C16H16N6/c1-21-6-8-22(9-7-21)15-4-2-14(3-5-15)20-16(12-19)13(10-17)11-18/h2-5,20H,6-9H2,1H3. The second kappa shape index (κ2) is 7.13. The Morgan fingerprint density at radius 1 is 0.955 bits per heavy atom. The molecule has 1 aromatic carbocycles. The van der Waals surface area contributed by atoms with Crippen LogP contribution < -0.4 is 10.2 Å². The predicted octanol–water partition coefficient (Wildman–Crippen LogP) is 1.68. The molecule has 1 fully saturated rings. The van der Waals surface area contributed by atoms with E-state index in [4.69, 9.17) is 15.8 Å². The fraction of sp³-hybridized carbons (Fsp3) is 0.312. The third-order valence-corrected chi connectivity index (χ3v) is 3.59. The van der Waals surface area contributed by atoms with E-state index in [0.29, 0.717) is 5.69 Å². The maximum absolute atomic E-state index is 9.02. The summed E-state index contributed by atoms with van der Waals surface area (Å²) in [5.41, 5.74) is 1.56. The second-order valence-electron chi connectivity index (χ2n) is 5.05. The molecule has 110 valence electrons. The topological polar surface area (TPSA) is 89.9 Å². The molecule has 22 heavy (non-hydrogen) atoms. The first kappa shape index (κ1) is 15.4. The second-order valence-corrected chi connectivity index (χ2v) is 5.05. The molecule has 0 amide bonds. The summed E-state index contributed by atoms with van der Waals surface area (Å²) in [6, 6.07) is 12.9. The predicted molar refractivity (Wildman–Crippen MR) is 83.6 cm³/mol. The molecule has 1 saturated heterocycles. The Morgan fingerprint density at radius 2 is 1.55 bits per heavy atom. The van der Waals surface area contributed by atoms with Crippen LogP contribution in [0.3, 0.4) is 0 Å². The summed E-state index contributed by atoms with van der Waals surface area (Å²) in [5.74, 6) is 0. The number of nitrogens with zero attached hydrogens (tertiary/aromatic N) is 5. The smallest absolute Gasteiger partial charge is 0.163 e. The number of piperazine rings is 1. The number of nitriles is 3. The van der Waals surface area contributed by atoms with Crippen molar-refractivity contribution in [1.29, 1.82) is 15.8 Å². The normalized spacial score (nSPS) is 14.4. The minimum atomic E-state index is -0.217. The molecule has 0 radical (unpaired) electrons. The Balaban J connectivity index is 2.10. The van der Waals surface area contributed by atoms with E-state index in [0.717, 1.165) is 31.9 Å². The van der Waals surface area contributed by atoms with Crippen molar-refractivity contribution in [2.24, 2.45) is 0 Å². The average molecular weight is 292 g/mol. The minimum Gasteiger partial charge on any atom is -0.369 e. The lowest BCUT2D eigenvalue weighted by atomic mass is 10.2. The van der Waals surface area contributed by atoms with Crippen LogP contribution in [0.1, 0.15) is 0 Å². The first-order valence-corrected chi connectivity index (χ1v) is 6.93. The van der Waals surface area contributed by atoms with Crippen LogP contribution in [0.15, 0.2) is 35.5 Å². The van der Waals surface area contributed by atoms with Crippen molar-refractivity contribution < 1.29 is 0 Å². The number of rotatable bonds is 3. The fourth-order valence-electron chi connectivity index (χ4n) is 2.25. The van der Waals surface area contributed by atoms with E-state index in [1.165, 1.54) is 0 Å². The van der Waals surface area contributed by atoms with E-state index in [9.17, 15) is 0 Å². The number of benzene rings is 1. The summed E-state index contributed by atoms with van der Waals surface area (Å²) in [6.45, 7) is 4.04. The molecule has 0 unspecified atom stereocenters. The molecule has 1 aliphatic rings. The molecule has 1 heterocycles. The monoisotopic (exact) mass is 292 g/mol. The van der Waals surface area contributed by atoms with Gasteiger partial charge in [-0.05, 0) is 31.3 Å². The van der Waals surface area contributed by atoms with Gasteiger partial charge in [-0.2, -0.15) is 15.8 Å². The Kier molecular flexibility index (Phi) is 4.98. The highest BCUT2D eigenvalue weighted by atomic mass is 15.2. The molecule has 0 atom stereocenters. The molecule has 1 N–H and O–H groups in total. The van der Waals surface area contributed by atoms with Gasteiger partial charge in [0.1, 0.15) is 23.9 Å². The molecule has 0 spiro atoms. The Labute approximate surface area is 130 Å². The van der Waals surface area contributed by atoms with Gasteiger partial charge in [0.05, 0.1) is 0 Å². The quantitative estimate of drug-likeness (QED) is 0.852. The van der Waals surface area contributed by atoms with E-state index < -0.39 is 0 Å². The molecule has 1 aliphatic heterocycles. The van der Waals surface area contributed by atoms with E-state index >= 15 is 0 Å². The third-order valence-electron chi connectivity index (χ3n) is 3.59. The molecule has 0 aliphatic carbocycles. The molecule has 0 aromatic heterocycles. The summed E-state index contributed by atoms with van der Waals surface area (Å²) in [5, 5.41) is 29.5. The highest BCUT2D eigenvalue weighted by Gasteiger charge is 2.14. The summed E-state index contributed by atoms with van der Waals surface area (Å²) in [4.78, 5) is 4.60. The van der Waals surface area contributed by atoms with Crippen molar-refractivity contribution in [2.45, 2.75) is 0 Å². The molecule has 0 bridgehead atoms. The van der Waals surface area contributed by atoms with Crippen molar-refractivity contribution >= 4 is 11.4 Å². The van der Waals surface area contributed by atoms with Gasteiger partial charge in [0.2, 0.25) is 0 Å². The number of hydrogen-bond donors (Lipinski definition) is 1. The van der Waals surface area contributed by atoms with Crippen LogP contribution in [0.4, 0.5) is 11.4 Å². The van der Waals surface area contributed by atoms with Crippen molar-refractivity contribution in [3.05, 3.63) is 35.5 Å². The summed E-state index contributed by atoms with van der Waals surface area (Å²) < 4.78 is 0. The van der Waals surface area contributed by atoms with Gasteiger partial charge in [-0.25, -0.2) is 0 Å². The minimum absolute atomic E-state index is 0.0302. The van der Waals surface area contributed by atoms with Gasteiger partial charge in [-0.1, -0.05) is 0 Å². The van der Waals surface area contributed by atoms with Crippen molar-refractivity contribution in [1.82, 2.24) is 4.90 Å². The van der Waals surface area contributed by atoms with Gasteiger partial charge < -0.3 is 15.1 Å². The van der Waals surface area contributed by atoms with Crippen LogP contribution in [0.2, 0.25) is 0 Å². The van der Waals surface area contributed by atoms with Crippen molar-refractivity contribution in [2.75, 3.05) is 43.4 Å². The van der Waals surface area contributed by atoms with E-state index in [1.54, 1.807) is 12.1 Å². The van der Waals surface area contributed by atoms with Crippen LogP contribution in [-0.4, -0.2) is 38.1 Å². The molecule has 0 saturated carbocycles. The van der Waals surface area contributed by atoms with Gasteiger partial charge in [0, 0.05) is 37.6 Å². The largest absolute Gasteiger partial charge is 0.369 e. The van der Waals surface area contributed by atoms with Gasteiger partial charge in [0.25, 0.3) is 0 Å². The van der Waals surface area contributed by atoms with Crippen LogP contribution in [0.25, 0.3) is 0 Å². The van der Waals surface area contributed by atoms with Crippen LogP contribution in [-0.2, 0) is 0 Å². The van der Waals surface area contributed by atoms with Crippen LogP contribution in [0, 0.1) is 34.0 Å². The van der Waals surface area contributed by atoms with Gasteiger partial charge in [-0.15, -0.1) is 0 Å². The van der Waals surface area contributed by atoms with Crippen molar-refractivity contribution in [3.63, 3.8) is 0 Å². The molecular formula is C16H16N6. The first-order chi connectivity index (χ1) is 10.7. The number of allylic oxidation sites excluding steroid dienone is 2.